The van der Waals surface area contributed by atoms with E-state index >= 15 is 0 Å². The Morgan fingerprint density at radius 1 is 0.944 bits per heavy atom. The highest BCUT2D eigenvalue weighted by atomic mass is 32.1. The largest absolute Gasteiger partial charge is 0.399 e. The molecule has 0 aliphatic heterocycles. The van der Waals surface area contributed by atoms with Crippen molar-refractivity contribution in [3.8, 4) is 21.6 Å². The lowest BCUT2D eigenvalue weighted by Gasteiger charge is -2.09. The van der Waals surface area contributed by atoms with Crippen LogP contribution in [0.25, 0.3) is 21.6 Å². The third-order valence-electron chi connectivity index (χ3n) is 2.83. The Labute approximate surface area is 110 Å². The van der Waals surface area contributed by atoms with Crippen molar-refractivity contribution >= 4 is 17.0 Å². The number of hydrogen-bond donors (Lipinski definition) is 1. The van der Waals surface area contributed by atoms with Crippen LogP contribution in [0.15, 0.2) is 60.2 Å². The molecule has 3 rings (SSSR count). The Balaban J connectivity index is 2.22. The van der Waals surface area contributed by atoms with E-state index in [0.29, 0.717) is 0 Å². The van der Waals surface area contributed by atoms with Gasteiger partial charge in [0, 0.05) is 17.4 Å². The highest BCUT2D eigenvalue weighted by Gasteiger charge is 2.08. The van der Waals surface area contributed by atoms with Crippen LogP contribution >= 0.6 is 11.3 Å². The predicted molar refractivity (Wildman–Crippen MR) is 77.4 cm³/mol. The summed E-state index contributed by atoms with van der Waals surface area (Å²) in [7, 11) is 0. The Kier molecular flexibility index (Phi) is 2.82. The summed E-state index contributed by atoms with van der Waals surface area (Å²) in [6.45, 7) is 0. The van der Waals surface area contributed by atoms with Crippen molar-refractivity contribution in [1.82, 2.24) is 4.98 Å². The summed E-state index contributed by atoms with van der Waals surface area (Å²) in [6.07, 6.45) is 1.89. The molecular formula is C15H12N2S. The lowest BCUT2D eigenvalue weighted by Crippen LogP contribution is -1.88. The third-order valence-corrected chi connectivity index (χ3v) is 3.63. The highest BCUT2D eigenvalue weighted by molar-refractivity contribution is 7.13. The van der Waals surface area contributed by atoms with E-state index in [1.165, 1.54) is 11.1 Å². The smallest absolute Gasteiger partial charge is 0.0797 e. The number of nitrogen functional groups attached to an aromatic ring is 1. The summed E-state index contributed by atoms with van der Waals surface area (Å²) >= 11 is 1.64. The van der Waals surface area contributed by atoms with Gasteiger partial charge in [-0.25, -0.2) is 0 Å². The zero-order chi connectivity index (χ0) is 12.4. The first-order valence-electron chi connectivity index (χ1n) is 5.68. The molecule has 0 fully saturated rings. The molecule has 18 heavy (non-hydrogen) atoms. The number of benzene rings is 2. The van der Waals surface area contributed by atoms with Gasteiger partial charge in [0.25, 0.3) is 0 Å². The van der Waals surface area contributed by atoms with Gasteiger partial charge in [-0.15, -0.1) is 11.3 Å². The Morgan fingerprint density at radius 2 is 1.78 bits per heavy atom. The molecule has 2 N–H and O–H groups in total. The number of hydrogen-bond acceptors (Lipinski definition) is 3. The molecule has 3 heteroatoms. The molecule has 0 radical (unpaired) electrons. The van der Waals surface area contributed by atoms with Crippen molar-refractivity contribution in [3.63, 3.8) is 0 Å². The van der Waals surface area contributed by atoms with Crippen LogP contribution in [-0.2, 0) is 0 Å². The van der Waals surface area contributed by atoms with Crippen LogP contribution in [0.5, 0.6) is 0 Å². The van der Waals surface area contributed by atoms with Gasteiger partial charge in [-0.1, -0.05) is 36.4 Å². The van der Waals surface area contributed by atoms with Crippen LogP contribution < -0.4 is 5.73 Å². The molecule has 1 aromatic heterocycles. The molecule has 2 aromatic carbocycles. The zero-order valence-corrected chi connectivity index (χ0v) is 10.5. The molecule has 2 nitrogen and oxygen atoms in total. The minimum atomic E-state index is 0.780. The normalized spacial score (nSPS) is 10.4. The van der Waals surface area contributed by atoms with Gasteiger partial charge in [0.2, 0.25) is 0 Å². The Bertz CT molecular complexity index is 646. The molecule has 0 aliphatic rings. The Hall–Kier alpha value is -2.13. The number of nitrogens with two attached hydrogens (primary N) is 1. The molecule has 3 aromatic rings. The second kappa shape index (κ2) is 4.63. The summed E-state index contributed by atoms with van der Waals surface area (Å²) < 4.78 is 0. The lowest BCUT2D eigenvalue weighted by molar-refractivity contribution is 1.42. The maximum atomic E-state index is 5.91. The fourth-order valence-corrected chi connectivity index (χ4v) is 2.64. The minimum absolute atomic E-state index is 0.780. The predicted octanol–water partition coefficient (Wildman–Crippen LogP) is 4.06. The van der Waals surface area contributed by atoms with E-state index in [0.717, 1.165) is 16.1 Å². The first kappa shape index (κ1) is 11.0. The lowest BCUT2D eigenvalue weighted by atomic mass is 9.98. The van der Waals surface area contributed by atoms with E-state index in [-0.39, 0.29) is 0 Å². The molecule has 0 aliphatic carbocycles. The average molecular weight is 252 g/mol. The molecule has 0 unspecified atom stereocenters. The van der Waals surface area contributed by atoms with Gasteiger partial charge in [0.05, 0.1) is 10.4 Å². The SMILES string of the molecule is Nc1ccc(-c2cncs2)c(-c2ccccc2)c1. The second-order valence-electron chi connectivity index (χ2n) is 4.04. The maximum Gasteiger partial charge on any atom is 0.0797 e. The summed E-state index contributed by atoms with van der Waals surface area (Å²) in [5, 5.41) is 0. The van der Waals surface area contributed by atoms with Crippen LogP contribution in [0.1, 0.15) is 0 Å². The van der Waals surface area contributed by atoms with Crippen molar-refractivity contribution in [1.29, 1.82) is 0 Å². The van der Waals surface area contributed by atoms with Gasteiger partial charge in [-0.05, 0) is 23.3 Å². The van der Waals surface area contributed by atoms with Gasteiger partial charge in [-0.2, -0.15) is 0 Å². The molecule has 88 valence electrons. The van der Waals surface area contributed by atoms with Crippen LogP contribution in [-0.4, -0.2) is 4.98 Å². The van der Waals surface area contributed by atoms with Gasteiger partial charge >= 0.3 is 0 Å². The summed E-state index contributed by atoms with van der Waals surface area (Å²) in [5.74, 6) is 0. The van der Waals surface area contributed by atoms with Gasteiger partial charge < -0.3 is 5.73 Å². The fourth-order valence-electron chi connectivity index (χ4n) is 1.98. The summed E-state index contributed by atoms with van der Waals surface area (Å²) in [4.78, 5) is 5.30. The monoisotopic (exact) mass is 252 g/mol. The number of thiazole rings is 1. The number of aromatic nitrogens is 1. The topological polar surface area (TPSA) is 38.9 Å². The zero-order valence-electron chi connectivity index (χ0n) is 9.71. The van der Waals surface area contributed by atoms with E-state index in [4.69, 9.17) is 5.73 Å². The molecule has 1 heterocycles. The molecule has 0 bridgehead atoms. The van der Waals surface area contributed by atoms with Crippen LogP contribution in [0.2, 0.25) is 0 Å². The van der Waals surface area contributed by atoms with Crippen LogP contribution in [0.4, 0.5) is 5.69 Å². The maximum absolute atomic E-state index is 5.91. The minimum Gasteiger partial charge on any atom is -0.399 e. The van der Waals surface area contributed by atoms with Crippen LogP contribution in [0, 0.1) is 0 Å². The fraction of sp³-hybridized carbons (Fsp3) is 0. The number of anilines is 1. The standard InChI is InChI=1S/C15H12N2S/c16-12-6-7-13(15-9-17-10-18-15)14(8-12)11-4-2-1-3-5-11/h1-10H,16H2. The molecule has 0 saturated carbocycles. The van der Waals surface area contributed by atoms with Gasteiger partial charge in [0.15, 0.2) is 0 Å². The Morgan fingerprint density at radius 3 is 2.50 bits per heavy atom. The first-order chi connectivity index (χ1) is 8.84. The van der Waals surface area contributed by atoms with E-state index in [1.807, 2.05) is 42.0 Å². The number of nitrogens with zero attached hydrogens (tertiary/aromatic N) is 1. The van der Waals surface area contributed by atoms with E-state index in [2.05, 4.69) is 23.2 Å². The van der Waals surface area contributed by atoms with Gasteiger partial charge in [-0.3, -0.25) is 4.98 Å². The van der Waals surface area contributed by atoms with E-state index < -0.39 is 0 Å². The van der Waals surface area contributed by atoms with E-state index in [1.54, 1.807) is 11.3 Å². The van der Waals surface area contributed by atoms with Crippen molar-refractivity contribution in [2.45, 2.75) is 0 Å². The van der Waals surface area contributed by atoms with Crippen molar-refractivity contribution in [3.05, 3.63) is 60.2 Å². The number of rotatable bonds is 2. The van der Waals surface area contributed by atoms with Crippen molar-refractivity contribution in [2.24, 2.45) is 0 Å². The average Bonchev–Trinajstić information content (AvgIpc) is 2.93. The summed E-state index contributed by atoms with van der Waals surface area (Å²) in [5.41, 5.74) is 12.0. The van der Waals surface area contributed by atoms with Gasteiger partial charge in [0.1, 0.15) is 0 Å². The summed E-state index contributed by atoms with van der Waals surface area (Å²) in [6, 6.07) is 16.3. The van der Waals surface area contributed by atoms with Crippen LogP contribution in [0.3, 0.4) is 0 Å². The molecular weight excluding hydrogens is 240 g/mol. The molecule has 0 atom stereocenters. The van der Waals surface area contributed by atoms with E-state index in [9.17, 15) is 0 Å². The van der Waals surface area contributed by atoms with Crippen molar-refractivity contribution < 1.29 is 0 Å². The van der Waals surface area contributed by atoms with Crippen molar-refractivity contribution in [2.75, 3.05) is 5.73 Å². The first-order valence-corrected chi connectivity index (χ1v) is 6.56. The second-order valence-corrected chi connectivity index (χ2v) is 4.92. The third kappa shape index (κ3) is 2.00. The molecule has 0 spiro atoms. The molecule has 0 amide bonds. The molecule has 0 saturated heterocycles. The quantitative estimate of drug-likeness (QED) is 0.698. The highest BCUT2D eigenvalue weighted by Crippen LogP contribution is 2.35.